The highest BCUT2D eigenvalue weighted by molar-refractivity contribution is 5.68. The molecular formula is C17H26O2. The first-order valence-electron chi connectivity index (χ1n) is 6.89. The Kier molecular flexibility index (Phi) is 4.78. The van der Waals surface area contributed by atoms with E-state index in [9.17, 15) is 9.90 Å². The second kappa shape index (κ2) is 5.77. The molecule has 1 N–H and O–H groups in total. The SMILES string of the molecule is Cc1cc(C)c(C(CC(=O)O)CC(C)(C)C)c(C)c1. The quantitative estimate of drug-likeness (QED) is 0.860. The maximum absolute atomic E-state index is 11.2. The van der Waals surface area contributed by atoms with E-state index in [1.807, 2.05) is 0 Å². The lowest BCUT2D eigenvalue weighted by Crippen LogP contribution is -2.17. The van der Waals surface area contributed by atoms with Gasteiger partial charge < -0.3 is 5.11 Å². The summed E-state index contributed by atoms with van der Waals surface area (Å²) in [6.07, 6.45) is 1.10. The summed E-state index contributed by atoms with van der Waals surface area (Å²) in [5.74, 6) is -0.619. The molecule has 106 valence electrons. The van der Waals surface area contributed by atoms with Crippen LogP contribution in [0.25, 0.3) is 0 Å². The summed E-state index contributed by atoms with van der Waals surface area (Å²) in [4.78, 5) is 11.2. The molecule has 0 saturated carbocycles. The predicted molar refractivity (Wildman–Crippen MR) is 79.7 cm³/mol. The predicted octanol–water partition coefficient (Wildman–Crippen LogP) is 4.61. The number of hydrogen-bond acceptors (Lipinski definition) is 1. The molecule has 0 bridgehead atoms. The van der Waals surface area contributed by atoms with Gasteiger partial charge in [0.25, 0.3) is 0 Å². The van der Waals surface area contributed by atoms with Gasteiger partial charge in [-0.25, -0.2) is 0 Å². The molecule has 19 heavy (non-hydrogen) atoms. The van der Waals surface area contributed by atoms with Crippen molar-refractivity contribution in [2.24, 2.45) is 5.41 Å². The molecule has 0 aliphatic heterocycles. The van der Waals surface area contributed by atoms with Crippen molar-refractivity contribution in [3.05, 3.63) is 34.4 Å². The molecule has 0 spiro atoms. The third-order valence-corrected chi connectivity index (χ3v) is 3.43. The highest BCUT2D eigenvalue weighted by atomic mass is 16.4. The second-order valence-electron chi connectivity index (χ2n) is 6.87. The number of aliphatic carboxylic acids is 1. The molecule has 1 aromatic rings. The number of rotatable bonds is 4. The fraction of sp³-hybridized carbons (Fsp3) is 0.588. The molecule has 2 nitrogen and oxygen atoms in total. The van der Waals surface area contributed by atoms with Crippen molar-refractivity contribution in [2.75, 3.05) is 0 Å². The van der Waals surface area contributed by atoms with E-state index in [2.05, 4.69) is 53.7 Å². The van der Waals surface area contributed by atoms with Crippen LogP contribution in [0, 0.1) is 26.2 Å². The van der Waals surface area contributed by atoms with Crippen LogP contribution in [-0.4, -0.2) is 11.1 Å². The Morgan fingerprint density at radius 2 is 1.63 bits per heavy atom. The number of benzene rings is 1. The summed E-state index contributed by atoms with van der Waals surface area (Å²) in [6.45, 7) is 12.8. The molecule has 0 aliphatic carbocycles. The van der Waals surface area contributed by atoms with E-state index in [-0.39, 0.29) is 17.8 Å². The summed E-state index contributed by atoms with van der Waals surface area (Å²) in [6, 6.07) is 4.31. The minimum absolute atomic E-state index is 0.0955. The number of aryl methyl sites for hydroxylation is 3. The number of carboxylic acids is 1. The van der Waals surface area contributed by atoms with Crippen LogP contribution < -0.4 is 0 Å². The lowest BCUT2D eigenvalue weighted by Gasteiger charge is -2.28. The van der Waals surface area contributed by atoms with Crippen LogP contribution in [0.3, 0.4) is 0 Å². The first-order chi connectivity index (χ1) is 8.60. The van der Waals surface area contributed by atoms with E-state index in [4.69, 9.17) is 0 Å². The Morgan fingerprint density at radius 3 is 2.00 bits per heavy atom. The molecule has 0 aliphatic rings. The van der Waals surface area contributed by atoms with E-state index in [1.165, 1.54) is 22.3 Å². The molecule has 0 amide bonds. The highest BCUT2D eigenvalue weighted by Gasteiger charge is 2.25. The Labute approximate surface area is 116 Å². The van der Waals surface area contributed by atoms with Crippen LogP contribution in [0.2, 0.25) is 0 Å². The molecule has 0 saturated heterocycles. The fourth-order valence-electron chi connectivity index (χ4n) is 3.06. The molecule has 1 unspecified atom stereocenters. The maximum Gasteiger partial charge on any atom is 0.303 e. The molecule has 0 radical (unpaired) electrons. The van der Waals surface area contributed by atoms with E-state index >= 15 is 0 Å². The topological polar surface area (TPSA) is 37.3 Å². The lowest BCUT2D eigenvalue weighted by molar-refractivity contribution is -0.137. The normalized spacial score (nSPS) is 13.4. The minimum atomic E-state index is -0.714. The van der Waals surface area contributed by atoms with E-state index in [0.29, 0.717) is 0 Å². The van der Waals surface area contributed by atoms with Crippen LogP contribution in [0.1, 0.15) is 61.8 Å². The van der Waals surface area contributed by atoms with Crippen molar-refractivity contribution in [1.82, 2.24) is 0 Å². The second-order valence-corrected chi connectivity index (χ2v) is 6.87. The zero-order valence-electron chi connectivity index (χ0n) is 13.0. The van der Waals surface area contributed by atoms with Crippen molar-refractivity contribution in [3.63, 3.8) is 0 Å². The monoisotopic (exact) mass is 262 g/mol. The Morgan fingerprint density at radius 1 is 1.16 bits per heavy atom. The van der Waals surface area contributed by atoms with Gasteiger partial charge in [-0.15, -0.1) is 0 Å². The van der Waals surface area contributed by atoms with Gasteiger partial charge in [-0.3, -0.25) is 4.79 Å². The van der Waals surface area contributed by atoms with E-state index < -0.39 is 5.97 Å². The van der Waals surface area contributed by atoms with Gasteiger partial charge in [0.05, 0.1) is 6.42 Å². The molecule has 0 heterocycles. The third-order valence-electron chi connectivity index (χ3n) is 3.43. The number of carboxylic acid groups (broad SMARTS) is 1. The molecule has 0 aromatic heterocycles. The minimum Gasteiger partial charge on any atom is -0.481 e. The number of carbonyl (C=O) groups is 1. The fourth-order valence-corrected chi connectivity index (χ4v) is 3.06. The average molecular weight is 262 g/mol. The standard InChI is InChI=1S/C17H26O2/c1-11-7-12(2)16(13(3)8-11)14(9-15(18)19)10-17(4,5)6/h7-8,14H,9-10H2,1-6H3,(H,18,19). The summed E-state index contributed by atoms with van der Waals surface area (Å²) in [5.41, 5.74) is 5.02. The van der Waals surface area contributed by atoms with Gasteiger partial charge in [-0.05, 0) is 55.2 Å². The van der Waals surface area contributed by atoms with Crippen LogP contribution >= 0.6 is 0 Å². The van der Waals surface area contributed by atoms with Gasteiger partial charge in [0.2, 0.25) is 0 Å². The van der Waals surface area contributed by atoms with Gasteiger partial charge in [-0.2, -0.15) is 0 Å². The van der Waals surface area contributed by atoms with Crippen LogP contribution in [0.4, 0.5) is 0 Å². The summed E-state index contributed by atoms with van der Waals surface area (Å²) >= 11 is 0. The highest BCUT2D eigenvalue weighted by Crippen LogP contribution is 2.37. The van der Waals surface area contributed by atoms with E-state index in [1.54, 1.807) is 0 Å². The van der Waals surface area contributed by atoms with Gasteiger partial charge in [0, 0.05) is 0 Å². The first-order valence-corrected chi connectivity index (χ1v) is 6.89. The smallest absolute Gasteiger partial charge is 0.303 e. The first kappa shape index (κ1) is 15.7. The Hall–Kier alpha value is -1.31. The summed E-state index contributed by atoms with van der Waals surface area (Å²) < 4.78 is 0. The van der Waals surface area contributed by atoms with Crippen LogP contribution in [0.15, 0.2) is 12.1 Å². The molecule has 1 rings (SSSR count). The van der Waals surface area contributed by atoms with Crippen molar-refractivity contribution in [3.8, 4) is 0 Å². The Bertz CT molecular complexity index is 444. The maximum atomic E-state index is 11.2. The number of hydrogen-bond donors (Lipinski definition) is 1. The van der Waals surface area contributed by atoms with Crippen molar-refractivity contribution < 1.29 is 9.90 Å². The molecule has 0 fully saturated rings. The van der Waals surface area contributed by atoms with Crippen LogP contribution in [0.5, 0.6) is 0 Å². The molecule has 1 atom stereocenters. The zero-order valence-corrected chi connectivity index (χ0v) is 13.0. The summed E-state index contributed by atoms with van der Waals surface area (Å²) in [5, 5.41) is 9.18. The van der Waals surface area contributed by atoms with Gasteiger partial charge >= 0.3 is 5.97 Å². The lowest BCUT2D eigenvalue weighted by atomic mass is 9.77. The van der Waals surface area contributed by atoms with Crippen molar-refractivity contribution in [2.45, 2.75) is 60.3 Å². The summed E-state index contributed by atoms with van der Waals surface area (Å²) in [7, 11) is 0. The largest absolute Gasteiger partial charge is 0.481 e. The molecule has 2 heteroatoms. The van der Waals surface area contributed by atoms with Crippen molar-refractivity contribution >= 4 is 5.97 Å². The Balaban J connectivity index is 3.21. The zero-order chi connectivity index (χ0) is 14.8. The van der Waals surface area contributed by atoms with E-state index in [0.717, 1.165) is 6.42 Å². The van der Waals surface area contributed by atoms with Crippen molar-refractivity contribution in [1.29, 1.82) is 0 Å². The third kappa shape index (κ3) is 4.70. The van der Waals surface area contributed by atoms with Crippen LogP contribution in [-0.2, 0) is 4.79 Å². The van der Waals surface area contributed by atoms with Gasteiger partial charge in [-0.1, -0.05) is 38.5 Å². The molecular weight excluding hydrogens is 236 g/mol. The van der Waals surface area contributed by atoms with Gasteiger partial charge in [0.15, 0.2) is 0 Å². The average Bonchev–Trinajstić information content (AvgIpc) is 2.10. The molecule has 1 aromatic carbocycles. The van der Waals surface area contributed by atoms with Gasteiger partial charge in [0.1, 0.15) is 0 Å².